The summed E-state index contributed by atoms with van der Waals surface area (Å²) in [4.78, 5) is 2.63. The van der Waals surface area contributed by atoms with Crippen molar-refractivity contribution in [2.75, 3.05) is 26.7 Å². The molecule has 1 fully saturated rings. The van der Waals surface area contributed by atoms with Gasteiger partial charge in [0.25, 0.3) is 0 Å². The number of nitrogens with one attached hydrogen (secondary N) is 1. The number of likely N-dealkylation sites (tertiary alicyclic amines) is 1. The lowest BCUT2D eigenvalue weighted by Gasteiger charge is -2.41. The monoisotopic (exact) mass is 232 g/mol. The van der Waals surface area contributed by atoms with Gasteiger partial charge in [-0.05, 0) is 51.0 Å². The van der Waals surface area contributed by atoms with Gasteiger partial charge in [-0.3, -0.25) is 4.90 Å². The zero-order valence-electron chi connectivity index (χ0n) is 11.0. The van der Waals surface area contributed by atoms with Gasteiger partial charge in [-0.2, -0.15) is 0 Å². The average Bonchev–Trinajstić information content (AvgIpc) is 2.40. The van der Waals surface area contributed by atoms with Crippen LogP contribution >= 0.6 is 0 Å². The molecule has 1 heterocycles. The molecule has 94 valence electrons. The van der Waals surface area contributed by atoms with E-state index in [0.717, 1.165) is 19.0 Å². The first-order chi connectivity index (χ1) is 8.36. The summed E-state index contributed by atoms with van der Waals surface area (Å²) in [6, 6.07) is 11.6. The van der Waals surface area contributed by atoms with E-state index in [1.54, 1.807) is 0 Å². The van der Waals surface area contributed by atoms with Crippen LogP contribution in [0.5, 0.6) is 0 Å². The fraction of sp³-hybridized carbons (Fsp3) is 0.600. The molecule has 0 amide bonds. The van der Waals surface area contributed by atoms with Crippen LogP contribution < -0.4 is 5.32 Å². The molecule has 2 unspecified atom stereocenters. The molecule has 0 aromatic heterocycles. The lowest BCUT2D eigenvalue weighted by molar-refractivity contribution is 0.0982. The third-order valence-electron chi connectivity index (χ3n) is 3.87. The Morgan fingerprint density at radius 3 is 2.71 bits per heavy atom. The van der Waals surface area contributed by atoms with Crippen molar-refractivity contribution in [1.82, 2.24) is 10.2 Å². The van der Waals surface area contributed by atoms with E-state index in [0.29, 0.717) is 6.04 Å². The van der Waals surface area contributed by atoms with Crippen molar-refractivity contribution in [3.05, 3.63) is 35.9 Å². The molecule has 0 bridgehead atoms. The van der Waals surface area contributed by atoms with Crippen LogP contribution in [0.1, 0.15) is 31.4 Å². The number of hydrogen-bond acceptors (Lipinski definition) is 2. The van der Waals surface area contributed by atoms with Gasteiger partial charge in [-0.15, -0.1) is 0 Å². The molecule has 1 aliphatic heterocycles. The first-order valence-corrected chi connectivity index (χ1v) is 6.80. The van der Waals surface area contributed by atoms with E-state index < -0.39 is 0 Å². The third-order valence-corrected chi connectivity index (χ3v) is 3.87. The first-order valence-electron chi connectivity index (χ1n) is 6.80. The van der Waals surface area contributed by atoms with Crippen molar-refractivity contribution in [3.63, 3.8) is 0 Å². The molecule has 2 nitrogen and oxygen atoms in total. The van der Waals surface area contributed by atoms with Gasteiger partial charge in [-0.25, -0.2) is 0 Å². The van der Waals surface area contributed by atoms with E-state index in [2.05, 4.69) is 54.5 Å². The summed E-state index contributed by atoms with van der Waals surface area (Å²) in [5.74, 6) is 0.746. The Morgan fingerprint density at radius 2 is 2.06 bits per heavy atom. The molecule has 2 atom stereocenters. The summed E-state index contributed by atoms with van der Waals surface area (Å²) < 4.78 is 0. The van der Waals surface area contributed by atoms with Gasteiger partial charge in [0.1, 0.15) is 0 Å². The van der Waals surface area contributed by atoms with Crippen LogP contribution in [0.3, 0.4) is 0 Å². The normalized spacial score (nSPS) is 26.0. The van der Waals surface area contributed by atoms with Crippen molar-refractivity contribution in [2.45, 2.75) is 25.8 Å². The molecule has 1 aromatic carbocycles. The average molecular weight is 232 g/mol. The number of rotatable bonds is 4. The predicted molar refractivity (Wildman–Crippen MR) is 73.1 cm³/mol. The van der Waals surface area contributed by atoms with Crippen molar-refractivity contribution >= 4 is 0 Å². The molecule has 0 radical (unpaired) electrons. The van der Waals surface area contributed by atoms with Crippen molar-refractivity contribution in [1.29, 1.82) is 0 Å². The van der Waals surface area contributed by atoms with Gasteiger partial charge in [0.05, 0.1) is 0 Å². The minimum absolute atomic E-state index is 0.599. The van der Waals surface area contributed by atoms with E-state index in [4.69, 9.17) is 0 Å². The topological polar surface area (TPSA) is 15.3 Å². The molecule has 2 heteroatoms. The Labute approximate surface area is 105 Å². The summed E-state index contributed by atoms with van der Waals surface area (Å²) in [7, 11) is 2.06. The Balaban J connectivity index is 2.22. The molecule has 1 saturated heterocycles. The highest BCUT2D eigenvalue weighted by Gasteiger charge is 2.30. The summed E-state index contributed by atoms with van der Waals surface area (Å²) >= 11 is 0. The number of benzene rings is 1. The molecule has 1 N–H and O–H groups in total. The maximum absolute atomic E-state index is 3.36. The largest absolute Gasteiger partial charge is 0.319 e. The maximum atomic E-state index is 3.36. The Kier molecular flexibility index (Phi) is 4.57. The second kappa shape index (κ2) is 6.18. The van der Waals surface area contributed by atoms with Crippen molar-refractivity contribution < 1.29 is 0 Å². The van der Waals surface area contributed by atoms with Gasteiger partial charge in [0, 0.05) is 6.04 Å². The van der Waals surface area contributed by atoms with Crippen molar-refractivity contribution in [3.8, 4) is 0 Å². The maximum Gasteiger partial charge on any atom is 0.0388 e. The molecule has 1 aliphatic rings. The number of nitrogens with zero attached hydrogens (tertiary/aromatic N) is 1. The van der Waals surface area contributed by atoms with Gasteiger partial charge in [0.15, 0.2) is 0 Å². The second-order valence-electron chi connectivity index (χ2n) is 4.94. The highest BCUT2D eigenvalue weighted by atomic mass is 15.2. The molecule has 0 spiro atoms. The van der Waals surface area contributed by atoms with Crippen LogP contribution in [0.2, 0.25) is 0 Å². The predicted octanol–water partition coefficient (Wildman–Crippen LogP) is 2.68. The molecular weight excluding hydrogens is 208 g/mol. The van der Waals surface area contributed by atoms with E-state index in [1.807, 2.05) is 0 Å². The molecule has 0 saturated carbocycles. The number of piperidine rings is 1. The molecule has 2 rings (SSSR count). The molecule has 1 aromatic rings. The summed E-state index contributed by atoms with van der Waals surface area (Å²) in [6.45, 7) is 5.80. The minimum Gasteiger partial charge on any atom is -0.319 e. The quantitative estimate of drug-likeness (QED) is 0.858. The zero-order chi connectivity index (χ0) is 12.1. The van der Waals surface area contributed by atoms with Crippen LogP contribution in [-0.4, -0.2) is 31.6 Å². The van der Waals surface area contributed by atoms with Crippen LogP contribution in [0.25, 0.3) is 0 Å². The van der Waals surface area contributed by atoms with Crippen molar-refractivity contribution in [2.24, 2.45) is 5.92 Å². The van der Waals surface area contributed by atoms with E-state index in [1.165, 1.54) is 24.9 Å². The third kappa shape index (κ3) is 2.88. The highest BCUT2D eigenvalue weighted by Crippen LogP contribution is 2.35. The van der Waals surface area contributed by atoms with Crippen LogP contribution in [0.4, 0.5) is 0 Å². The standard InChI is InChI=1S/C15H24N2/c1-3-17-11-7-10-14(12-16-2)15(17)13-8-5-4-6-9-13/h4-6,8-9,14-16H,3,7,10-12H2,1-2H3. The van der Waals surface area contributed by atoms with Gasteiger partial charge >= 0.3 is 0 Å². The van der Waals surface area contributed by atoms with Gasteiger partial charge in [0.2, 0.25) is 0 Å². The van der Waals surface area contributed by atoms with Crippen LogP contribution in [-0.2, 0) is 0 Å². The van der Waals surface area contributed by atoms with E-state index in [9.17, 15) is 0 Å². The Bertz CT molecular complexity index is 321. The fourth-order valence-electron chi connectivity index (χ4n) is 3.12. The second-order valence-corrected chi connectivity index (χ2v) is 4.94. The SMILES string of the molecule is CCN1CCCC(CNC)C1c1ccccc1. The fourth-order valence-corrected chi connectivity index (χ4v) is 3.12. The van der Waals surface area contributed by atoms with E-state index in [-0.39, 0.29) is 0 Å². The van der Waals surface area contributed by atoms with E-state index >= 15 is 0 Å². The van der Waals surface area contributed by atoms with Gasteiger partial charge < -0.3 is 5.32 Å². The Hall–Kier alpha value is -0.860. The molecule has 17 heavy (non-hydrogen) atoms. The molecule has 0 aliphatic carbocycles. The summed E-state index contributed by atoms with van der Waals surface area (Å²) in [6.07, 6.45) is 2.68. The zero-order valence-corrected chi connectivity index (χ0v) is 11.0. The number of hydrogen-bond donors (Lipinski definition) is 1. The van der Waals surface area contributed by atoms with Crippen LogP contribution in [0.15, 0.2) is 30.3 Å². The van der Waals surface area contributed by atoms with Crippen LogP contribution in [0, 0.1) is 5.92 Å². The van der Waals surface area contributed by atoms with Gasteiger partial charge in [-0.1, -0.05) is 37.3 Å². The lowest BCUT2D eigenvalue weighted by atomic mass is 9.84. The smallest absolute Gasteiger partial charge is 0.0388 e. The highest BCUT2D eigenvalue weighted by molar-refractivity contribution is 5.20. The summed E-state index contributed by atoms with van der Waals surface area (Å²) in [5, 5.41) is 3.36. The lowest BCUT2D eigenvalue weighted by Crippen LogP contribution is -2.41. The minimum atomic E-state index is 0.599. The first kappa shape index (κ1) is 12.6. The Morgan fingerprint density at radius 1 is 1.29 bits per heavy atom. The summed E-state index contributed by atoms with van der Waals surface area (Å²) in [5.41, 5.74) is 1.48. The molecular formula is C15H24N2.